The molecule has 4 rings (SSSR count). The fourth-order valence-electron chi connectivity index (χ4n) is 3.77. The van der Waals surface area contributed by atoms with Gasteiger partial charge >= 0.3 is 0 Å². The minimum Gasteiger partial charge on any atom is -0.472 e. The number of nitrogens with zero attached hydrogens (tertiary/aromatic N) is 2. The number of pyridine rings is 1. The molecule has 0 spiro atoms. The Hall–Kier alpha value is -3.61. The lowest BCUT2D eigenvalue weighted by molar-refractivity contribution is 0.0733. The Kier molecular flexibility index (Phi) is 5.03. The lowest BCUT2D eigenvalue weighted by Gasteiger charge is -2.30. The van der Waals surface area contributed by atoms with Crippen molar-refractivity contribution in [2.24, 2.45) is 5.73 Å². The average molecular weight is 391 g/mol. The van der Waals surface area contributed by atoms with E-state index in [4.69, 9.17) is 10.2 Å². The van der Waals surface area contributed by atoms with Crippen molar-refractivity contribution in [1.29, 1.82) is 0 Å². The molecule has 29 heavy (non-hydrogen) atoms. The summed E-state index contributed by atoms with van der Waals surface area (Å²) in [4.78, 5) is 39.3. The summed E-state index contributed by atoms with van der Waals surface area (Å²) < 4.78 is 6.53. The predicted octanol–water partition coefficient (Wildman–Crippen LogP) is 1.98. The van der Waals surface area contributed by atoms with Crippen LogP contribution in [0.25, 0.3) is 0 Å². The van der Waals surface area contributed by atoms with Crippen molar-refractivity contribution in [1.82, 2.24) is 9.47 Å². The molecule has 2 aromatic heterocycles. The molecule has 0 bridgehead atoms. The fourth-order valence-corrected chi connectivity index (χ4v) is 3.77. The summed E-state index contributed by atoms with van der Waals surface area (Å²) in [5, 5.41) is 0. The third-order valence-electron chi connectivity index (χ3n) is 5.25. The van der Waals surface area contributed by atoms with Gasteiger partial charge in [-0.05, 0) is 35.6 Å². The minimum atomic E-state index is -0.727. The molecule has 0 atom stereocenters. The van der Waals surface area contributed by atoms with Gasteiger partial charge in [-0.15, -0.1) is 0 Å². The molecule has 148 valence electrons. The second-order valence-electron chi connectivity index (χ2n) is 7.10. The third kappa shape index (κ3) is 3.71. The summed E-state index contributed by atoms with van der Waals surface area (Å²) in [6.45, 7) is 1.14. The number of benzene rings is 1. The zero-order valence-corrected chi connectivity index (χ0v) is 15.8. The third-order valence-corrected chi connectivity index (χ3v) is 5.25. The van der Waals surface area contributed by atoms with E-state index >= 15 is 0 Å². The van der Waals surface area contributed by atoms with E-state index in [0.29, 0.717) is 43.6 Å². The second kappa shape index (κ2) is 7.79. The summed E-state index contributed by atoms with van der Waals surface area (Å²) in [5.74, 6) is -0.873. The van der Waals surface area contributed by atoms with Gasteiger partial charge in [0.05, 0.1) is 11.8 Å². The Bertz CT molecular complexity index is 1100. The normalized spacial score (nSPS) is 13.2. The molecule has 2 amide bonds. The number of rotatable bonds is 5. The number of primary amides is 1. The van der Waals surface area contributed by atoms with Crippen LogP contribution in [0.15, 0.2) is 64.3 Å². The van der Waals surface area contributed by atoms with Crippen LogP contribution >= 0.6 is 0 Å². The summed E-state index contributed by atoms with van der Waals surface area (Å²) in [6, 6.07) is 11.4. The molecule has 0 saturated heterocycles. The topological polar surface area (TPSA) is 98.5 Å². The standard InChI is InChI=1S/C22H21N3O4/c23-20(26)19-18-7-10-24(21(27)16-8-11-29-14-16)12-17(18)13-25(22(19)28)9-6-15-4-2-1-3-5-15/h1-5,8,11,13-14H,6-7,9-10,12H2,(H2,23,26). The molecule has 2 N–H and O–H groups in total. The molecule has 1 aromatic carbocycles. The van der Waals surface area contributed by atoms with E-state index in [1.54, 1.807) is 17.2 Å². The largest absolute Gasteiger partial charge is 0.472 e. The van der Waals surface area contributed by atoms with Crippen molar-refractivity contribution >= 4 is 11.8 Å². The van der Waals surface area contributed by atoms with E-state index in [1.807, 2.05) is 30.3 Å². The van der Waals surface area contributed by atoms with Crippen LogP contribution in [-0.4, -0.2) is 27.8 Å². The Morgan fingerprint density at radius 1 is 1.14 bits per heavy atom. The Morgan fingerprint density at radius 2 is 1.93 bits per heavy atom. The summed E-state index contributed by atoms with van der Waals surface area (Å²) >= 11 is 0. The molecular weight excluding hydrogens is 370 g/mol. The molecule has 3 aromatic rings. The fraction of sp³-hybridized carbons (Fsp3) is 0.227. The molecule has 3 heterocycles. The molecule has 1 aliphatic heterocycles. The molecule has 1 aliphatic rings. The lowest BCUT2D eigenvalue weighted by Crippen LogP contribution is -2.40. The second-order valence-corrected chi connectivity index (χ2v) is 7.10. The van der Waals surface area contributed by atoms with Gasteiger partial charge in [0.25, 0.3) is 17.4 Å². The number of hydrogen-bond donors (Lipinski definition) is 1. The van der Waals surface area contributed by atoms with Crippen LogP contribution in [0.3, 0.4) is 0 Å². The number of amides is 2. The molecule has 7 heteroatoms. The number of aryl methyl sites for hydroxylation is 2. The van der Waals surface area contributed by atoms with Gasteiger partial charge in [0.15, 0.2) is 0 Å². The SMILES string of the molecule is NC(=O)c1c2c(cn(CCc3ccccc3)c1=O)CN(C(=O)c1ccoc1)CC2. The smallest absolute Gasteiger partial charge is 0.263 e. The Balaban J connectivity index is 1.65. The first kappa shape index (κ1) is 18.7. The zero-order chi connectivity index (χ0) is 20.4. The van der Waals surface area contributed by atoms with E-state index in [0.717, 1.165) is 11.1 Å². The number of hydrogen-bond acceptors (Lipinski definition) is 4. The van der Waals surface area contributed by atoms with Crippen molar-refractivity contribution in [3.8, 4) is 0 Å². The lowest BCUT2D eigenvalue weighted by atomic mass is 9.95. The minimum absolute atomic E-state index is 0.0333. The quantitative estimate of drug-likeness (QED) is 0.719. The van der Waals surface area contributed by atoms with Crippen LogP contribution in [-0.2, 0) is 25.9 Å². The van der Waals surface area contributed by atoms with Crippen LogP contribution in [0.4, 0.5) is 0 Å². The van der Waals surface area contributed by atoms with E-state index in [1.165, 1.54) is 17.1 Å². The number of fused-ring (bicyclic) bond motifs is 1. The molecule has 0 aliphatic carbocycles. The summed E-state index contributed by atoms with van der Waals surface area (Å²) in [7, 11) is 0. The van der Waals surface area contributed by atoms with Gasteiger partial charge in [-0.2, -0.15) is 0 Å². The van der Waals surface area contributed by atoms with Crippen LogP contribution in [0.5, 0.6) is 0 Å². The highest BCUT2D eigenvalue weighted by atomic mass is 16.3. The maximum Gasteiger partial charge on any atom is 0.263 e. The molecule has 0 saturated carbocycles. The van der Waals surface area contributed by atoms with E-state index in [9.17, 15) is 14.4 Å². The first-order chi connectivity index (χ1) is 14.0. The average Bonchev–Trinajstić information content (AvgIpc) is 3.26. The van der Waals surface area contributed by atoms with Crippen LogP contribution in [0.2, 0.25) is 0 Å². The van der Waals surface area contributed by atoms with Crippen LogP contribution < -0.4 is 11.3 Å². The van der Waals surface area contributed by atoms with E-state index in [2.05, 4.69) is 0 Å². The molecule has 7 nitrogen and oxygen atoms in total. The Morgan fingerprint density at radius 3 is 2.62 bits per heavy atom. The monoisotopic (exact) mass is 391 g/mol. The maximum absolute atomic E-state index is 12.9. The highest BCUT2D eigenvalue weighted by Crippen LogP contribution is 2.22. The zero-order valence-electron chi connectivity index (χ0n) is 15.8. The van der Waals surface area contributed by atoms with Gasteiger partial charge in [-0.25, -0.2) is 0 Å². The number of furan rings is 1. The van der Waals surface area contributed by atoms with Crippen LogP contribution in [0, 0.1) is 0 Å². The van der Waals surface area contributed by atoms with E-state index in [-0.39, 0.29) is 17.0 Å². The highest BCUT2D eigenvalue weighted by Gasteiger charge is 2.28. The molecule has 0 fully saturated rings. The Labute approximate surface area is 167 Å². The first-order valence-electron chi connectivity index (χ1n) is 9.45. The molecule has 0 radical (unpaired) electrons. The van der Waals surface area contributed by atoms with Gasteiger partial charge in [-0.3, -0.25) is 14.4 Å². The van der Waals surface area contributed by atoms with Gasteiger partial charge < -0.3 is 19.6 Å². The van der Waals surface area contributed by atoms with Gasteiger partial charge in [0.2, 0.25) is 0 Å². The number of nitrogens with two attached hydrogens (primary N) is 1. The first-order valence-corrected chi connectivity index (χ1v) is 9.45. The van der Waals surface area contributed by atoms with E-state index < -0.39 is 5.91 Å². The van der Waals surface area contributed by atoms with Crippen molar-refractivity contribution in [2.75, 3.05) is 6.54 Å². The molecule has 0 unspecified atom stereocenters. The van der Waals surface area contributed by atoms with Gasteiger partial charge in [0.1, 0.15) is 11.8 Å². The van der Waals surface area contributed by atoms with Crippen molar-refractivity contribution in [3.05, 3.63) is 93.3 Å². The van der Waals surface area contributed by atoms with Gasteiger partial charge in [-0.1, -0.05) is 30.3 Å². The highest BCUT2D eigenvalue weighted by molar-refractivity contribution is 5.95. The number of carbonyl (C=O) groups is 2. The number of aromatic nitrogens is 1. The van der Waals surface area contributed by atoms with Gasteiger partial charge in [0, 0.05) is 25.8 Å². The summed E-state index contributed by atoms with van der Waals surface area (Å²) in [6.07, 6.45) is 5.67. The van der Waals surface area contributed by atoms with Crippen molar-refractivity contribution in [2.45, 2.75) is 25.9 Å². The van der Waals surface area contributed by atoms with Crippen LogP contribution in [0.1, 0.15) is 37.4 Å². The van der Waals surface area contributed by atoms with Crippen molar-refractivity contribution in [3.63, 3.8) is 0 Å². The predicted molar refractivity (Wildman–Crippen MR) is 107 cm³/mol. The maximum atomic E-state index is 12.9. The summed E-state index contributed by atoms with van der Waals surface area (Å²) in [5.41, 5.74) is 8.19. The van der Waals surface area contributed by atoms with Crippen molar-refractivity contribution < 1.29 is 14.0 Å². The number of carbonyl (C=O) groups excluding carboxylic acids is 2. The molecular formula is C22H21N3O4.